The van der Waals surface area contributed by atoms with Crippen LogP contribution >= 0.6 is 0 Å². The van der Waals surface area contributed by atoms with Crippen LogP contribution in [0.5, 0.6) is 5.88 Å². The standard InChI is InChI=1S/C29H21F3N4O2/c30-29(31,32)21-14-10-19(11-15-21)25(18-6-2-1-3-7-18)34-27(37)20-12-16-22(17-13-20)35-36-26-23-8-4-5-9-24(23)33-28(26)38/h1-17,25,33,38H,(H,34,37)/t25-/m1/s1. The molecule has 0 saturated heterocycles. The molecular weight excluding hydrogens is 493 g/mol. The highest BCUT2D eigenvalue weighted by Gasteiger charge is 2.30. The Morgan fingerprint density at radius 3 is 2.11 bits per heavy atom. The Labute approximate surface area is 215 Å². The number of amides is 1. The van der Waals surface area contributed by atoms with E-state index < -0.39 is 23.7 Å². The smallest absolute Gasteiger partial charge is 0.416 e. The lowest BCUT2D eigenvalue weighted by Gasteiger charge is -2.20. The third-order valence-corrected chi connectivity index (χ3v) is 6.03. The third-order valence-electron chi connectivity index (χ3n) is 6.03. The first-order chi connectivity index (χ1) is 18.3. The third kappa shape index (κ3) is 5.27. The van der Waals surface area contributed by atoms with Crippen molar-refractivity contribution in [2.24, 2.45) is 10.2 Å². The molecule has 0 aliphatic carbocycles. The topological polar surface area (TPSA) is 89.8 Å². The number of hydrogen-bond donors (Lipinski definition) is 3. The predicted molar refractivity (Wildman–Crippen MR) is 138 cm³/mol. The van der Waals surface area contributed by atoms with Gasteiger partial charge in [-0.15, -0.1) is 5.11 Å². The highest BCUT2D eigenvalue weighted by molar-refractivity contribution is 5.95. The van der Waals surface area contributed by atoms with Crippen LogP contribution in [0.2, 0.25) is 0 Å². The van der Waals surface area contributed by atoms with Gasteiger partial charge in [-0.2, -0.15) is 18.3 Å². The molecule has 1 atom stereocenters. The molecule has 0 aliphatic rings. The maximum atomic E-state index is 13.1. The van der Waals surface area contributed by atoms with Gasteiger partial charge in [-0.1, -0.05) is 60.7 Å². The minimum atomic E-state index is -4.45. The molecule has 1 heterocycles. The molecule has 0 radical (unpaired) electrons. The summed E-state index contributed by atoms with van der Waals surface area (Å²) in [5, 5.41) is 22.1. The first kappa shape index (κ1) is 24.8. The van der Waals surface area contributed by atoms with Crippen LogP contribution < -0.4 is 5.32 Å². The summed E-state index contributed by atoms with van der Waals surface area (Å²) in [7, 11) is 0. The Bertz CT molecular complexity index is 1590. The first-order valence-corrected chi connectivity index (χ1v) is 11.6. The number of H-pyrrole nitrogens is 1. The summed E-state index contributed by atoms with van der Waals surface area (Å²) in [6.07, 6.45) is -4.45. The van der Waals surface area contributed by atoms with Gasteiger partial charge in [-0.05, 0) is 53.6 Å². The summed E-state index contributed by atoms with van der Waals surface area (Å²) in [4.78, 5) is 15.9. The molecule has 38 heavy (non-hydrogen) atoms. The number of aromatic hydroxyl groups is 1. The van der Waals surface area contributed by atoms with E-state index in [1.807, 2.05) is 30.3 Å². The number of benzene rings is 4. The molecule has 0 saturated carbocycles. The van der Waals surface area contributed by atoms with Gasteiger partial charge in [0.05, 0.1) is 22.8 Å². The number of fused-ring (bicyclic) bond motifs is 1. The Hall–Kier alpha value is -4.92. The summed E-state index contributed by atoms with van der Waals surface area (Å²) >= 11 is 0. The minimum absolute atomic E-state index is 0.0961. The SMILES string of the molecule is O=C(N[C@H](c1ccccc1)c1ccc(C(F)(F)F)cc1)c1ccc(N=Nc2c(O)[nH]c3ccccc23)cc1. The van der Waals surface area contributed by atoms with Crippen molar-refractivity contribution < 1.29 is 23.1 Å². The number of rotatable bonds is 6. The van der Waals surface area contributed by atoms with E-state index in [1.165, 1.54) is 12.1 Å². The van der Waals surface area contributed by atoms with Gasteiger partial charge in [-0.3, -0.25) is 4.79 Å². The number of carbonyl (C=O) groups is 1. The van der Waals surface area contributed by atoms with Gasteiger partial charge in [0.2, 0.25) is 5.88 Å². The fourth-order valence-electron chi connectivity index (χ4n) is 4.08. The Morgan fingerprint density at radius 2 is 1.42 bits per heavy atom. The fourth-order valence-corrected chi connectivity index (χ4v) is 4.08. The van der Waals surface area contributed by atoms with E-state index in [2.05, 4.69) is 20.5 Å². The van der Waals surface area contributed by atoms with E-state index in [9.17, 15) is 23.1 Å². The summed E-state index contributed by atoms with van der Waals surface area (Å²) in [6.45, 7) is 0. The van der Waals surface area contributed by atoms with Crippen molar-refractivity contribution in [3.8, 4) is 5.88 Å². The monoisotopic (exact) mass is 514 g/mol. The van der Waals surface area contributed by atoms with Gasteiger partial charge in [0, 0.05) is 10.9 Å². The first-order valence-electron chi connectivity index (χ1n) is 11.6. The zero-order chi connectivity index (χ0) is 26.7. The largest absolute Gasteiger partial charge is 0.493 e. The predicted octanol–water partition coefficient (Wildman–Crippen LogP) is 7.83. The van der Waals surface area contributed by atoms with Crippen molar-refractivity contribution >= 4 is 28.2 Å². The summed E-state index contributed by atoms with van der Waals surface area (Å²) in [5.74, 6) is -0.502. The number of carbonyl (C=O) groups excluding carboxylic acids is 1. The van der Waals surface area contributed by atoms with Crippen LogP contribution in [0, 0.1) is 0 Å². The van der Waals surface area contributed by atoms with E-state index >= 15 is 0 Å². The second-order valence-electron chi connectivity index (χ2n) is 8.55. The summed E-state index contributed by atoms with van der Waals surface area (Å²) < 4.78 is 39.1. The van der Waals surface area contributed by atoms with Gasteiger partial charge in [-0.25, -0.2) is 0 Å². The number of nitrogens with one attached hydrogen (secondary N) is 2. The molecule has 5 aromatic rings. The zero-order valence-electron chi connectivity index (χ0n) is 19.8. The number of hydrogen-bond acceptors (Lipinski definition) is 4. The van der Waals surface area contributed by atoms with Crippen molar-refractivity contribution in [1.29, 1.82) is 0 Å². The summed E-state index contributed by atoms with van der Waals surface area (Å²) in [6, 6.07) is 26.8. The van der Waals surface area contributed by atoms with Gasteiger partial charge >= 0.3 is 6.18 Å². The van der Waals surface area contributed by atoms with E-state index in [0.717, 1.165) is 28.6 Å². The molecule has 9 heteroatoms. The zero-order valence-corrected chi connectivity index (χ0v) is 19.8. The summed E-state index contributed by atoms with van der Waals surface area (Å²) in [5.41, 5.74) is 2.33. The van der Waals surface area contributed by atoms with Gasteiger partial charge in [0.25, 0.3) is 5.91 Å². The molecule has 3 N–H and O–H groups in total. The quantitative estimate of drug-likeness (QED) is 0.202. The van der Waals surface area contributed by atoms with Crippen LogP contribution in [-0.2, 0) is 6.18 Å². The van der Waals surface area contributed by atoms with Crippen molar-refractivity contribution in [2.75, 3.05) is 0 Å². The Kier molecular flexibility index (Phi) is 6.66. The van der Waals surface area contributed by atoms with Crippen LogP contribution in [0.15, 0.2) is 113 Å². The molecule has 6 nitrogen and oxygen atoms in total. The van der Waals surface area contributed by atoms with Crippen LogP contribution in [0.3, 0.4) is 0 Å². The van der Waals surface area contributed by atoms with Crippen LogP contribution in [-0.4, -0.2) is 16.0 Å². The molecule has 190 valence electrons. The number of halogens is 3. The molecule has 1 aromatic heterocycles. The van der Waals surface area contributed by atoms with Crippen LogP contribution in [0.4, 0.5) is 24.5 Å². The number of aromatic nitrogens is 1. The number of azo groups is 1. The average Bonchev–Trinajstić information content (AvgIpc) is 3.25. The van der Waals surface area contributed by atoms with E-state index in [-0.39, 0.29) is 5.88 Å². The van der Waals surface area contributed by atoms with Crippen molar-refractivity contribution in [3.63, 3.8) is 0 Å². The molecule has 1 amide bonds. The lowest BCUT2D eigenvalue weighted by Crippen LogP contribution is -2.29. The number of aromatic amines is 1. The van der Waals surface area contributed by atoms with Gasteiger partial charge in [0.1, 0.15) is 0 Å². The van der Waals surface area contributed by atoms with Crippen LogP contribution in [0.1, 0.15) is 33.1 Å². The number of nitrogens with zero attached hydrogens (tertiary/aromatic N) is 2. The normalized spacial score (nSPS) is 12.6. The molecule has 0 spiro atoms. The second kappa shape index (κ2) is 10.2. The average molecular weight is 515 g/mol. The number of alkyl halides is 3. The molecule has 0 bridgehead atoms. The minimum Gasteiger partial charge on any atom is -0.493 e. The van der Waals surface area contributed by atoms with Crippen molar-refractivity contribution in [2.45, 2.75) is 12.2 Å². The van der Waals surface area contributed by atoms with E-state index in [1.54, 1.807) is 48.5 Å². The molecule has 5 rings (SSSR count). The highest BCUT2D eigenvalue weighted by Crippen LogP contribution is 2.36. The molecule has 0 aliphatic heterocycles. The maximum absolute atomic E-state index is 13.1. The molecule has 4 aromatic carbocycles. The number of para-hydroxylation sites is 1. The molecule has 0 unspecified atom stereocenters. The van der Waals surface area contributed by atoms with Gasteiger partial charge in [0.15, 0.2) is 5.69 Å². The Balaban J connectivity index is 1.35. The van der Waals surface area contributed by atoms with E-state index in [4.69, 9.17) is 0 Å². The van der Waals surface area contributed by atoms with Crippen LogP contribution in [0.25, 0.3) is 10.9 Å². The highest BCUT2D eigenvalue weighted by atomic mass is 19.4. The lowest BCUT2D eigenvalue weighted by atomic mass is 9.97. The Morgan fingerprint density at radius 1 is 0.789 bits per heavy atom. The van der Waals surface area contributed by atoms with E-state index in [0.29, 0.717) is 22.5 Å². The van der Waals surface area contributed by atoms with Gasteiger partial charge < -0.3 is 15.4 Å². The fraction of sp³-hybridized carbons (Fsp3) is 0.0690. The maximum Gasteiger partial charge on any atom is 0.416 e. The second-order valence-corrected chi connectivity index (χ2v) is 8.55. The molecule has 0 fully saturated rings. The lowest BCUT2D eigenvalue weighted by molar-refractivity contribution is -0.137. The van der Waals surface area contributed by atoms with Crippen molar-refractivity contribution in [3.05, 3.63) is 125 Å². The van der Waals surface area contributed by atoms with Crippen molar-refractivity contribution in [1.82, 2.24) is 10.3 Å². The molecular formula is C29H21F3N4O2.